The molecule has 0 bridgehead atoms. The van der Waals surface area contributed by atoms with E-state index in [1.54, 1.807) is 0 Å². The normalized spacial score (nSPS) is 11.2. The number of aromatic nitrogens is 10. The first-order valence-electron chi connectivity index (χ1n) is 24.3. The Bertz CT molecular complexity index is 3270. The predicted molar refractivity (Wildman–Crippen MR) is 281 cm³/mol. The van der Waals surface area contributed by atoms with Gasteiger partial charge in [-0.1, -0.05) is 60.7 Å². The Morgan fingerprint density at radius 2 is 0.351 bits per heavy atom. The SMILES string of the molecule is Cc1cccc(-c2cccc(COCc3cccc(-c4cccc(COCc5cccc(-c6cccc(COCc7cccc(-c8cccc(COCc9cccc(-c%10cccc(C)n%10)n9)n8)n7)n6)n5)n4)n3)n2)n1. The van der Waals surface area contributed by atoms with Crippen LogP contribution in [0.5, 0.6) is 0 Å². The van der Waals surface area contributed by atoms with E-state index in [2.05, 4.69) is 9.97 Å². The summed E-state index contributed by atoms with van der Waals surface area (Å²) < 4.78 is 24.3. The molecule has 10 aromatic heterocycles. The molecule has 0 atom stereocenters. The molecule has 0 N–H and O–H groups in total. The van der Waals surface area contributed by atoms with E-state index in [0.29, 0.717) is 52.9 Å². The van der Waals surface area contributed by atoms with Gasteiger partial charge in [-0.05, 0) is 135 Å². The second-order valence-corrected chi connectivity index (χ2v) is 17.4. The van der Waals surface area contributed by atoms with Gasteiger partial charge in [0.2, 0.25) is 0 Å². The zero-order valence-electron chi connectivity index (χ0n) is 41.1. The summed E-state index contributed by atoms with van der Waals surface area (Å²) in [6.45, 7) is 6.50. The average molecular weight is 977 g/mol. The summed E-state index contributed by atoms with van der Waals surface area (Å²) in [6, 6.07) is 58.7. The monoisotopic (exact) mass is 976 g/mol. The summed E-state index contributed by atoms with van der Waals surface area (Å²) in [6.07, 6.45) is 0. The van der Waals surface area contributed by atoms with Crippen LogP contribution in [0.3, 0.4) is 0 Å². The minimum atomic E-state index is 0.298. The van der Waals surface area contributed by atoms with Crippen LogP contribution >= 0.6 is 0 Å². The standard InChI is InChI=1S/C60H52N10O4/c1-41-13-3-23-51(61-41)53-25-5-15-43(63-53)33-71-35-45-17-7-27-55(65-45)57-29-9-19-47(67-57)37-73-39-49-21-11-31-59(69-49)60-32-12-22-50(70-60)40-74-38-48-20-10-30-58(68-48)56-28-8-18-46(66-56)36-72-34-44-16-6-26-54(64-44)52-24-4-14-42(2)62-52/h3-32H,33-40H2,1-2H3. The highest BCUT2D eigenvalue weighted by Gasteiger charge is 2.11. The number of aryl methyl sites for hydroxylation is 2. The molecule has 0 aliphatic carbocycles. The summed E-state index contributed by atoms with van der Waals surface area (Å²) in [4.78, 5) is 47.8. The van der Waals surface area contributed by atoms with E-state index in [4.69, 9.17) is 58.8 Å². The van der Waals surface area contributed by atoms with Crippen molar-refractivity contribution in [2.45, 2.75) is 66.7 Å². The Morgan fingerprint density at radius 3 is 0.514 bits per heavy atom. The summed E-state index contributed by atoms with van der Waals surface area (Å²) in [5.74, 6) is 0. The molecule has 0 fully saturated rings. The number of pyridine rings is 10. The lowest BCUT2D eigenvalue weighted by Crippen LogP contribution is -2.02. The van der Waals surface area contributed by atoms with Crippen LogP contribution in [-0.2, 0) is 71.8 Å². The highest BCUT2D eigenvalue weighted by molar-refractivity contribution is 5.57. The lowest BCUT2D eigenvalue weighted by Gasteiger charge is -2.09. The molecule has 0 amide bonds. The van der Waals surface area contributed by atoms with Crippen molar-refractivity contribution in [3.05, 3.63) is 239 Å². The smallest absolute Gasteiger partial charge is 0.0893 e. The van der Waals surface area contributed by atoms with Crippen LogP contribution in [0.25, 0.3) is 56.9 Å². The largest absolute Gasteiger partial charge is 0.369 e. The van der Waals surface area contributed by atoms with Crippen molar-refractivity contribution in [3.8, 4) is 56.9 Å². The Hall–Kier alpha value is -8.66. The van der Waals surface area contributed by atoms with Gasteiger partial charge in [0.05, 0.1) is 155 Å². The van der Waals surface area contributed by atoms with Gasteiger partial charge >= 0.3 is 0 Å². The van der Waals surface area contributed by atoms with Crippen molar-refractivity contribution in [3.63, 3.8) is 0 Å². The number of hydrogen-bond acceptors (Lipinski definition) is 14. The highest BCUT2D eigenvalue weighted by Crippen LogP contribution is 2.22. The number of nitrogens with zero attached hydrogens (tertiary/aromatic N) is 10. The van der Waals surface area contributed by atoms with Crippen LogP contribution in [0.4, 0.5) is 0 Å². The number of ether oxygens (including phenoxy) is 4. The molecule has 0 spiro atoms. The van der Waals surface area contributed by atoms with Gasteiger partial charge in [0.1, 0.15) is 0 Å². The Kier molecular flexibility index (Phi) is 16.0. The van der Waals surface area contributed by atoms with Gasteiger partial charge in [-0.15, -0.1) is 0 Å². The van der Waals surface area contributed by atoms with Gasteiger partial charge in [-0.2, -0.15) is 0 Å². The third-order valence-electron chi connectivity index (χ3n) is 11.5. The molecular formula is C60H52N10O4. The third-order valence-corrected chi connectivity index (χ3v) is 11.5. The molecule has 0 saturated heterocycles. The molecule has 10 aromatic rings. The van der Waals surface area contributed by atoms with E-state index >= 15 is 0 Å². The van der Waals surface area contributed by atoms with E-state index < -0.39 is 0 Å². The van der Waals surface area contributed by atoms with E-state index in [0.717, 1.165) is 114 Å². The minimum Gasteiger partial charge on any atom is -0.369 e. The molecule has 0 aliphatic rings. The van der Waals surface area contributed by atoms with Crippen molar-refractivity contribution in [1.82, 2.24) is 49.8 Å². The first-order valence-corrected chi connectivity index (χ1v) is 24.3. The lowest BCUT2D eigenvalue weighted by molar-refractivity contribution is 0.102. The Balaban J connectivity index is 0.681. The van der Waals surface area contributed by atoms with E-state index in [1.165, 1.54) is 0 Å². The summed E-state index contributed by atoms with van der Waals surface area (Å²) in [5.41, 5.74) is 16.0. The highest BCUT2D eigenvalue weighted by atomic mass is 16.5. The van der Waals surface area contributed by atoms with Crippen molar-refractivity contribution in [2.75, 3.05) is 0 Å². The van der Waals surface area contributed by atoms with Gasteiger partial charge < -0.3 is 18.9 Å². The molecular weight excluding hydrogens is 925 g/mol. The minimum absolute atomic E-state index is 0.298. The van der Waals surface area contributed by atoms with Crippen molar-refractivity contribution >= 4 is 0 Å². The molecule has 10 rings (SSSR count). The van der Waals surface area contributed by atoms with Gasteiger partial charge in [0, 0.05) is 11.4 Å². The summed E-state index contributed by atoms with van der Waals surface area (Å²) in [5, 5.41) is 0. The van der Waals surface area contributed by atoms with Gasteiger partial charge in [0.15, 0.2) is 0 Å². The maximum atomic E-state index is 6.12. The van der Waals surface area contributed by atoms with Crippen molar-refractivity contribution < 1.29 is 18.9 Å². The molecule has 0 saturated carbocycles. The van der Waals surface area contributed by atoms with Crippen LogP contribution in [0, 0.1) is 13.8 Å². The van der Waals surface area contributed by atoms with Gasteiger partial charge in [-0.25, -0.2) is 39.9 Å². The zero-order valence-corrected chi connectivity index (χ0v) is 41.1. The van der Waals surface area contributed by atoms with Crippen LogP contribution in [0.15, 0.2) is 182 Å². The maximum absolute atomic E-state index is 6.12. The first kappa shape index (κ1) is 48.9. The molecule has 0 radical (unpaired) electrons. The van der Waals surface area contributed by atoms with Crippen LogP contribution < -0.4 is 0 Å². The fraction of sp³-hybridized carbons (Fsp3) is 0.167. The van der Waals surface area contributed by atoms with Crippen LogP contribution in [0.2, 0.25) is 0 Å². The fourth-order valence-electron chi connectivity index (χ4n) is 8.03. The first-order chi connectivity index (χ1) is 36.4. The van der Waals surface area contributed by atoms with Gasteiger partial charge in [0.25, 0.3) is 0 Å². The molecule has 14 nitrogen and oxygen atoms in total. The molecule has 10 heterocycles. The van der Waals surface area contributed by atoms with Crippen LogP contribution in [0.1, 0.15) is 56.9 Å². The fourth-order valence-corrected chi connectivity index (χ4v) is 8.03. The topological polar surface area (TPSA) is 166 Å². The molecule has 0 aromatic carbocycles. The van der Waals surface area contributed by atoms with Crippen LogP contribution in [-0.4, -0.2) is 49.8 Å². The summed E-state index contributed by atoms with van der Waals surface area (Å²) in [7, 11) is 0. The lowest BCUT2D eigenvalue weighted by atomic mass is 10.2. The predicted octanol–water partition coefficient (Wildman–Crippen LogP) is 11.5. The van der Waals surface area contributed by atoms with E-state index in [9.17, 15) is 0 Å². The number of rotatable bonds is 21. The Labute approximate surface area is 429 Å². The van der Waals surface area contributed by atoms with Crippen molar-refractivity contribution in [1.29, 1.82) is 0 Å². The average Bonchev–Trinajstić information content (AvgIpc) is 3.44. The third kappa shape index (κ3) is 13.4. The Morgan fingerprint density at radius 1 is 0.203 bits per heavy atom. The van der Waals surface area contributed by atoms with E-state index in [1.807, 2.05) is 196 Å². The van der Waals surface area contributed by atoms with Gasteiger partial charge in [-0.3, -0.25) is 9.97 Å². The van der Waals surface area contributed by atoms with E-state index in [-0.39, 0.29) is 0 Å². The van der Waals surface area contributed by atoms with Crippen molar-refractivity contribution in [2.24, 2.45) is 0 Å². The second-order valence-electron chi connectivity index (χ2n) is 17.4. The summed E-state index contributed by atoms with van der Waals surface area (Å²) >= 11 is 0. The molecule has 0 aliphatic heterocycles. The molecule has 74 heavy (non-hydrogen) atoms. The number of hydrogen-bond donors (Lipinski definition) is 0. The molecule has 366 valence electrons. The molecule has 14 heteroatoms. The maximum Gasteiger partial charge on any atom is 0.0893 e. The molecule has 0 unspecified atom stereocenters. The second kappa shape index (κ2) is 24.2. The zero-order chi connectivity index (χ0) is 50.3. The quantitative estimate of drug-likeness (QED) is 0.0667.